The third-order valence-electron chi connectivity index (χ3n) is 7.70. The van der Waals surface area contributed by atoms with E-state index in [-0.39, 0.29) is 5.41 Å². The molecule has 0 saturated carbocycles. The van der Waals surface area contributed by atoms with Gasteiger partial charge < -0.3 is 0 Å². The Morgan fingerprint density at radius 2 is 1.15 bits per heavy atom. The molecule has 0 aliphatic carbocycles. The molecule has 0 amide bonds. The van der Waals surface area contributed by atoms with Gasteiger partial charge >= 0.3 is 0 Å². The molecule has 0 atom stereocenters. The Morgan fingerprint density at radius 3 is 1.80 bits per heavy atom. The van der Waals surface area contributed by atoms with Crippen LogP contribution in [0.15, 0.2) is 116 Å². The molecule has 0 spiro atoms. The topological polar surface area (TPSA) is 38.7 Å². The van der Waals surface area contributed by atoms with Gasteiger partial charge in [-0.1, -0.05) is 137 Å². The first-order chi connectivity index (χ1) is 19.8. The number of benzene rings is 5. The van der Waals surface area contributed by atoms with E-state index < -0.39 is 0 Å². The van der Waals surface area contributed by atoms with Crippen LogP contribution in [0.5, 0.6) is 0 Å². The van der Waals surface area contributed by atoms with Crippen LogP contribution in [0.4, 0.5) is 0 Å². The van der Waals surface area contributed by atoms with Crippen LogP contribution in [0.1, 0.15) is 37.5 Å². The molecule has 3 heteroatoms. The van der Waals surface area contributed by atoms with Crippen molar-refractivity contribution >= 4 is 16.8 Å². The fourth-order valence-corrected chi connectivity index (χ4v) is 5.29. The summed E-state index contributed by atoms with van der Waals surface area (Å²) in [6, 6.07) is 37.9. The molecule has 1 aromatic heterocycles. The van der Waals surface area contributed by atoms with Gasteiger partial charge in [-0.2, -0.15) is 0 Å². The van der Waals surface area contributed by atoms with Crippen molar-refractivity contribution in [1.82, 2.24) is 15.0 Å². The highest BCUT2D eigenvalue weighted by Gasteiger charge is 2.16. The summed E-state index contributed by atoms with van der Waals surface area (Å²) in [5.41, 5.74) is 8.96. The van der Waals surface area contributed by atoms with Gasteiger partial charge in [-0.3, -0.25) is 0 Å². The van der Waals surface area contributed by atoms with Crippen LogP contribution in [0.3, 0.4) is 0 Å². The molecule has 0 radical (unpaired) electrons. The third kappa shape index (κ3) is 5.19. The zero-order valence-electron chi connectivity index (χ0n) is 24.0. The van der Waals surface area contributed by atoms with Gasteiger partial charge in [-0.25, -0.2) is 15.0 Å². The molecule has 3 nitrogen and oxygen atoms in total. The minimum atomic E-state index is 0.0754. The maximum atomic E-state index is 5.00. The van der Waals surface area contributed by atoms with Crippen molar-refractivity contribution in [3.05, 3.63) is 132 Å². The molecular weight excluding hydrogens is 498 g/mol. The highest BCUT2D eigenvalue weighted by molar-refractivity contribution is 5.95. The number of hydrogen-bond acceptors (Lipinski definition) is 3. The van der Waals surface area contributed by atoms with Gasteiger partial charge in [-0.15, -0.1) is 0 Å². The summed E-state index contributed by atoms with van der Waals surface area (Å²) in [7, 11) is 0. The number of rotatable bonds is 5. The quantitative estimate of drug-likeness (QED) is 0.222. The van der Waals surface area contributed by atoms with E-state index >= 15 is 0 Å². The first-order valence-corrected chi connectivity index (χ1v) is 14.0. The summed E-state index contributed by atoms with van der Waals surface area (Å²) >= 11 is 0. The predicted molar refractivity (Wildman–Crippen MR) is 173 cm³/mol. The first-order valence-electron chi connectivity index (χ1n) is 14.0. The molecule has 0 aliphatic heterocycles. The molecule has 41 heavy (non-hydrogen) atoms. The lowest BCUT2D eigenvalue weighted by atomic mass is 9.87. The van der Waals surface area contributed by atoms with Crippen LogP contribution in [0.25, 0.3) is 62.1 Å². The number of fused-ring (bicyclic) bond motifs is 1. The second-order valence-electron chi connectivity index (χ2n) is 11.5. The minimum absolute atomic E-state index is 0.0754. The van der Waals surface area contributed by atoms with E-state index in [0.717, 1.165) is 22.3 Å². The molecule has 6 aromatic rings. The van der Waals surface area contributed by atoms with Gasteiger partial charge in [0.05, 0.1) is 0 Å². The van der Waals surface area contributed by atoms with E-state index in [9.17, 15) is 0 Å². The smallest absolute Gasteiger partial charge is 0.164 e. The van der Waals surface area contributed by atoms with Crippen LogP contribution in [-0.2, 0) is 5.41 Å². The fourth-order valence-electron chi connectivity index (χ4n) is 5.29. The van der Waals surface area contributed by atoms with Gasteiger partial charge in [0.15, 0.2) is 17.5 Å². The van der Waals surface area contributed by atoms with Gasteiger partial charge in [0.1, 0.15) is 0 Å². The number of nitrogens with zero attached hydrogens (tertiary/aromatic N) is 3. The molecule has 0 fully saturated rings. The lowest BCUT2D eigenvalue weighted by Crippen LogP contribution is -2.10. The predicted octanol–water partition coefficient (Wildman–Crippen LogP) is 9.94. The zero-order chi connectivity index (χ0) is 28.6. The lowest BCUT2D eigenvalue weighted by Gasteiger charge is -2.19. The van der Waals surface area contributed by atoms with Gasteiger partial charge in [0, 0.05) is 16.7 Å². The Morgan fingerprint density at radius 1 is 0.585 bits per heavy atom. The number of aryl methyl sites for hydroxylation is 1. The fraction of sp³-hybridized carbons (Fsp3) is 0.132. The van der Waals surface area contributed by atoms with Gasteiger partial charge in [0.2, 0.25) is 0 Å². The maximum Gasteiger partial charge on any atom is 0.164 e. The summed E-state index contributed by atoms with van der Waals surface area (Å²) in [5.74, 6) is 1.99. The molecule has 5 aromatic carbocycles. The van der Waals surface area contributed by atoms with Crippen molar-refractivity contribution in [3.8, 4) is 45.3 Å². The Labute approximate surface area is 242 Å². The standard InChI is InChI=1S/C38H33N3/c1-6-26-12-10-11-15-33(26)32-23-20-27-16-17-30(24-34(27)25(32)2)37-40-35(28-13-8-7-9-14-28)39-36(41-37)29-18-21-31(22-19-29)38(3,4)5/h6-24H,1H2,2-5H3. The van der Waals surface area contributed by atoms with Crippen molar-refractivity contribution in [3.63, 3.8) is 0 Å². The van der Waals surface area contributed by atoms with E-state index in [0.29, 0.717) is 17.5 Å². The zero-order valence-corrected chi connectivity index (χ0v) is 24.0. The maximum absolute atomic E-state index is 5.00. The normalized spacial score (nSPS) is 11.5. The van der Waals surface area contributed by atoms with Crippen LogP contribution >= 0.6 is 0 Å². The van der Waals surface area contributed by atoms with E-state index in [4.69, 9.17) is 15.0 Å². The Balaban J connectivity index is 1.51. The van der Waals surface area contributed by atoms with Crippen LogP contribution < -0.4 is 0 Å². The summed E-state index contributed by atoms with van der Waals surface area (Å²) in [6.07, 6.45) is 1.92. The van der Waals surface area contributed by atoms with E-state index in [1.54, 1.807) is 0 Å². The summed E-state index contributed by atoms with van der Waals surface area (Å²) in [6.45, 7) is 12.9. The van der Waals surface area contributed by atoms with Crippen molar-refractivity contribution in [2.75, 3.05) is 0 Å². The Bertz CT molecular complexity index is 1880. The van der Waals surface area contributed by atoms with E-state index in [1.807, 2.05) is 42.5 Å². The highest BCUT2D eigenvalue weighted by Crippen LogP contribution is 2.35. The van der Waals surface area contributed by atoms with Gasteiger partial charge in [0.25, 0.3) is 0 Å². The van der Waals surface area contributed by atoms with Crippen molar-refractivity contribution in [2.24, 2.45) is 0 Å². The molecule has 0 saturated heterocycles. The summed E-state index contributed by atoms with van der Waals surface area (Å²) in [4.78, 5) is 14.9. The van der Waals surface area contributed by atoms with E-state index in [1.165, 1.54) is 33.0 Å². The molecule has 6 rings (SSSR count). The average molecular weight is 532 g/mol. The SMILES string of the molecule is C=Cc1ccccc1-c1ccc2ccc(-c3nc(-c4ccccc4)nc(-c4ccc(C(C)(C)C)cc4)n3)cc2c1C. The van der Waals surface area contributed by atoms with Crippen LogP contribution in [-0.4, -0.2) is 15.0 Å². The molecule has 0 bridgehead atoms. The van der Waals surface area contributed by atoms with Gasteiger partial charge in [-0.05, 0) is 57.0 Å². The van der Waals surface area contributed by atoms with Crippen molar-refractivity contribution in [2.45, 2.75) is 33.1 Å². The summed E-state index contributed by atoms with van der Waals surface area (Å²) < 4.78 is 0. The second-order valence-corrected chi connectivity index (χ2v) is 11.5. The molecule has 0 N–H and O–H groups in total. The van der Waals surface area contributed by atoms with Crippen molar-refractivity contribution in [1.29, 1.82) is 0 Å². The molecule has 0 unspecified atom stereocenters. The van der Waals surface area contributed by atoms with Crippen LogP contribution in [0, 0.1) is 6.92 Å². The Kier molecular flexibility index (Phi) is 6.80. The molecule has 200 valence electrons. The monoisotopic (exact) mass is 531 g/mol. The van der Waals surface area contributed by atoms with E-state index in [2.05, 4.69) is 107 Å². The minimum Gasteiger partial charge on any atom is -0.208 e. The van der Waals surface area contributed by atoms with Crippen molar-refractivity contribution < 1.29 is 0 Å². The Hall–Kier alpha value is -4.89. The number of hydrogen-bond donors (Lipinski definition) is 0. The average Bonchev–Trinajstić information content (AvgIpc) is 3.01. The molecule has 1 heterocycles. The second kappa shape index (κ2) is 10.6. The lowest BCUT2D eigenvalue weighted by molar-refractivity contribution is 0.590. The number of aromatic nitrogens is 3. The molecular formula is C38H33N3. The first kappa shape index (κ1) is 26.3. The third-order valence-corrected chi connectivity index (χ3v) is 7.70. The van der Waals surface area contributed by atoms with Crippen LogP contribution in [0.2, 0.25) is 0 Å². The summed E-state index contributed by atoms with van der Waals surface area (Å²) in [5, 5.41) is 2.36. The molecule has 0 aliphatic rings. The largest absolute Gasteiger partial charge is 0.208 e. The highest BCUT2D eigenvalue weighted by atomic mass is 15.0.